The monoisotopic (exact) mass is 232 g/mol. The van der Waals surface area contributed by atoms with Crippen molar-refractivity contribution in [1.82, 2.24) is 4.98 Å². The SMILES string of the molecule is COC(=O)Cc1cnc(C(F)F)c(O)c1N. The largest absolute Gasteiger partial charge is 0.504 e. The molecule has 16 heavy (non-hydrogen) atoms. The highest BCUT2D eigenvalue weighted by Gasteiger charge is 2.20. The third-order valence-electron chi connectivity index (χ3n) is 1.97. The van der Waals surface area contributed by atoms with Gasteiger partial charge in [-0.2, -0.15) is 0 Å². The van der Waals surface area contributed by atoms with E-state index in [0.29, 0.717) is 0 Å². The van der Waals surface area contributed by atoms with Gasteiger partial charge in [0.25, 0.3) is 6.43 Å². The fraction of sp³-hybridized carbons (Fsp3) is 0.333. The Bertz CT molecular complexity index is 410. The molecule has 1 heterocycles. The number of carbonyl (C=O) groups is 1. The van der Waals surface area contributed by atoms with Crippen LogP contribution in [0.15, 0.2) is 6.20 Å². The first kappa shape index (κ1) is 12.2. The van der Waals surface area contributed by atoms with Crippen molar-refractivity contribution in [3.05, 3.63) is 17.5 Å². The van der Waals surface area contributed by atoms with E-state index in [1.165, 1.54) is 7.11 Å². The summed E-state index contributed by atoms with van der Waals surface area (Å²) in [5.41, 5.74) is 4.46. The summed E-state index contributed by atoms with van der Waals surface area (Å²) in [6.07, 6.45) is -2.13. The second-order valence-electron chi connectivity index (χ2n) is 2.98. The van der Waals surface area contributed by atoms with Crippen molar-refractivity contribution in [2.45, 2.75) is 12.8 Å². The highest BCUT2D eigenvalue weighted by Crippen LogP contribution is 2.33. The van der Waals surface area contributed by atoms with Crippen molar-refractivity contribution < 1.29 is 23.4 Å². The molecule has 0 amide bonds. The molecule has 1 aromatic rings. The number of aromatic nitrogens is 1. The molecule has 0 fully saturated rings. The first-order valence-electron chi connectivity index (χ1n) is 4.28. The molecule has 0 saturated heterocycles. The van der Waals surface area contributed by atoms with Crippen molar-refractivity contribution >= 4 is 11.7 Å². The van der Waals surface area contributed by atoms with E-state index in [-0.39, 0.29) is 17.7 Å². The van der Waals surface area contributed by atoms with Crippen LogP contribution in [0.5, 0.6) is 5.75 Å². The van der Waals surface area contributed by atoms with Gasteiger partial charge in [0, 0.05) is 11.8 Å². The second-order valence-corrected chi connectivity index (χ2v) is 2.98. The summed E-state index contributed by atoms with van der Waals surface area (Å²) in [6.45, 7) is 0. The minimum atomic E-state index is -2.92. The van der Waals surface area contributed by atoms with Crippen LogP contribution in [0.4, 0.5) is 14.5 Å². The first-order valence-corrected chi connectivity index (χ1v) is 4.28. The van der Waals surface area contributed by atoms with Crippen molar-refractivity contribution in [3.63, 3.8) is 0 Å². The van der Waals surface area contributed by atoms with Gasteiger partial charge in [0.15, 0.2) is 5.75 Å². The zero-order valence-corrected chi connectivity index (χ0v) is 8.41. The van der Waals surface area contributed by atoms with Gasteiger partial charge in [-0.25, -0.2) is 8.78 Å². The Labute approximate surface area is 89.9 Å². The van der Waals surface area contributed by atoms with Gasteiger partial charge in [-0.15, -0.1) is 0 Å². The Hall–Kier alpha value is -1.92. The van der Waals surface area contributed by atoms with Gasteiger partial charge in [0.1, 0.15) is 5.69 Å². The standard InChI is InChI=1S/C9H10F2N2O3/c1-16-5(14)2-4-3-13-7(9(10)11)8(15)6(4)12/h3,9,15H,2H2,1H3,(H2,12,13). The quantitative estimate of drug-likeness (QED) is 0.760. The van der Waals surface area contributed by atoms with Gasteiger partial charge in [-0.05, 0) is 0 Å². The number of ether oxygens (including phenoxy) is 1. The van der Waals surface area contributed by atoms with Gasteiger partial charge in [-0.3, -0.25) is 9.78 Å². The summed E-state index contributed by atoms with van der Waals surface area (Å²) in [4.78, 5) is 14.3. The smallest absolute Gasteiger partial charge is 0.310 e. The van der Waals surface area contributed by atoms with E-state index in [4.69, 9.17) is 5.73 Å². The molecule has 0 radical (unpaired) electrons. The number of nitrogen functional groups attached to an aromatic ring is 1. The average Bonchev–Trinajstić information content (AvgIpc) is 2.24. The third-order valence-corrected chi connectivity index (χ3v) is 1.97. The number of halogens is 2. The van der Waals surface area contributed by atoms with Crippen LogP contribution in [0.1, 0.15) is 17.7 Å². The topological polar surface area (TPSA) is 85.4 Å². The molecule has 0 atom stereocenters. The lowest BCUT2D eigenvalue weighted by Crippen LogP contribution is -2.08. The Morgan fingerprint density at radius 2 is 2.31 bits per heavy atom. The summed E-state index contributed by atoms with van der Waals surface area (Å²) in [7, 11) is 1.18. The van der Waals surface area contributed by atoms with Crippen molar-refractivity contribution in [3.8, 4) is 5.75 Å². The molecule has 88 valence electrons. The normalized spacial score (nSPS) is 10.5. The number of pyridine rings is 1. The molecule has 3 N–H and O–H groups in total. The number of anilines is 1. The minimum Gasteiger partial charge on any atom is -0.504 e. The maximum absolute atomic E-state index is 12.3. The van der Waals surface area contributed by atoms with E-state index in [1.54, 1.807) is 0 Å². The van der Waals surface area contributed by atoms with Crippen molar-refractivity contribution in [2.75, 3.05) is 12.8 Å². The molecule has 0 saturated carbocycles. The molecule has 5 nitrogen and oxygen atoms in total. The van der Waals surface area contributed by atoms with Crippen LogP contribution in [-0.2, 0) is 16.0 Å². The number of esters is 1. The molecule has 0 bridgehead atoms. The lowest BCUT2D eigenvalue weighted by molar-refractivity contribution is -0.139. The molecule has 1 aromatic heterocycles. The van der Waals surface area contributed by atoms with Gasteiger partial charge in [0.2, 0.25) is 0 Å². The Morgan fingerprint density at radius 3 is 2.81 bits per heavy atom. The van der Waals surface area contributed by atoms with E-state index in [9.17, 15) is 18.7 Å². The molecule has 0 aliphatic rings. The summed E-state index contributed by atoms with van der Waals surface area (Å²) >= 11 is 0. The van der Waals surface area contributed by atoms with E-state index in [2.05, 4.69) is 9.72 Å². The molecular formula is C9H10F2N2O3. The molecular weight excluding hydrogens is 222 g/mol. The maximum Gasteiger partial charge on any atom is 0.310 e. The second kappa shape index (κ2) is 4.73. The predicted octanol–water partition coefficient (Wildman–Crippen LogP) is 1.02. The van der Waals surface area contributed by atoms with Crippen LogP contribution in [0.2, 0.25) is 0 Å². The molecule has 1 rings (SSSR count). The fourth-order valence-corrected chi connectivity index (χ4v) is 1.10. The number of aromatic hydroxyl groups is 1. The van der Waals surface area contributed by atoms with Gasteiger partial charge >= 0.3 is 5.97 Å². The Morgan fingerprint density at radius 1 is 1.69 bits per heavy atom. The Kier molecular flexibility index (Phi) is 3.60. The molecule has 0 unspecified atom stereocenters. The molecule has 7 heteroatoms. The third kappa shape index (κ3) is 2.36. The Balaban J connectivity index is 3.07. The number of hydrogen-bond donors (Lipinski definition) is 2. The van der Waals surface area contributed by atoms with Crippen LogP contribution < -0.4 is 5.73 Å². The number of rotatable bonds is 3. The van der Waals surface area contributed by atoms with Crippen LogP contribution >= 0.6 is 0 Å². The summed E-state index contributed by atoms with van der Waals surface area (Å²) < 4.78 is 29.0. The van der Waals surface area contributed by atoms with E-state index in [0.717, 1.165) is 6.20 Å². The summed E-state index contributed by atoms with van der Waals surface area (Å²) in [6, 6.07) is 0. The minimum absolute atomic E-state index is 0.147. The lowest BCUT2D eigenvalue weighted by Gasteiger charge is -2.09. The molecule has 0 spiro atoms. The number of nitrogens with zero attached hydrogens (tertiary/aromatic N) is 1. The van der Waals surface area contributed by atoms with Crippen LogP contribution in [0.25, 0.3) is 0 Å². The van der Waals surface area contributed by atoms with Crippen LogP contribution in [-0.4, -0.2) is 23.2 Å². The highest BCUT2D eigenvalue weighted by atomic mass is 19.3. The van der Waals surface area contributed by atoms with Crippen LogP contribution in [0, 0.1) is 0 Å². The first-order chi connectivity index (χ1) is 7.47. The molecule has 0 aliphatic heterocycles. The average molecular weight is 232 g/mol. The highest BCUT2D eigenvalue weighted by molar-refractivity contribution is 5.76. The zero-order valence-electron chi connectivity index (χ0n) is 8.41. The van der Waals surface area contributed by atoms with Gasteiger partial charge in [-0.1, -0.05) is 0 Å². The van der Waals surface area contributed by atoms with Gasteiger partial charge in [0.05, 0.1) is 19.2 Å². The molecule has 0 aliphatic carbocycles. The lowest BCUT2D eigenvalue weighted by atomic mass is 10.1. The summed E-state index contributed by atoms with van der Waals surface area (Å²) in [5, 5.41) is 9.31. The molecule has 0 aromatic carbocycles. The van der Waals surface area contributed by atoms with E-state index >= 15 is 0 Å². The van der Waals surface area contributed by atoms with Crippen LogP contribution in [0.3, 0.4) is 0 Å². The van der Waals surface area contributed by atoms with Crippen molar-refractivity contribution in [1.29, 1.82) is 0 Å². The fourth-order valence-electron chi connectivity index (χ4n) is 1.10. The van der Waals surface area contributed by atoms with E-state index < -0.39 is 23.8 Å². The number of hydrogen-bond acceptors (Lipinski definition) is 5. The zero-order chi connectivity index (χ0) is 12.3. The predicted molar refractivity (Wildman–Crippen MR) is 51.0 cm³/mol. The number of alkyl halides is 2. The van der Waals surface area contributed by atoms with Crippen molar-refractivity contribution in [2.24, 2.45) is 0 Å². The van der Waals surface area contributed by atoms with Gasteiger partial charge < -0.3 is 15.6 Å². The van der Waals surface area contributed by atoms with E-state index in [1.807, 2.05) is 0 Å². The summed E-state index contributed by atoms with van der Waals surface area (Å²) in [5.74, 6) is -1.39. The maximum atomic E-state index is 12.3. The number of nitrogens with two attached hydrogens (primary N) is 1. The number of methoxy groups -OCH3 is 1. The number of carbonyl (C=O) groups excluding carboxylic acids is 1.